The van der Waals surface area contributed by atoms with E-state index in [-0.39, 0.29) is 17.3 Å². The Morgan fingerprint density at radius 1 is 1.53 bits per heavy atom. The van der Waals surface area contributed by atoms with Crippen molar-refractivity contribution in [1.82, 2.24) is 10.2 Å². The summed E-state index contributed by atoms with van der Waals surface area (Å²) in [6, 6.07) is 4.17. The van der Waals surface area contributed by atoms with Gasteiger partial charge in [0.25, 0.3) is 5.69 Å². The summed E-state index contributed by atoms with van der Waals surface area (Å²) in [6.45, 7) is 1.86. The molecule has 1 heterocycles. The van der Waals surface area contributed by atoms with Gasteiger partial charge >= 0.3 is 0 Å². The molecule has 2 rings (SSSR count). The number of rotatable bonds is 5. The Kier molecular flexibility index (Phi) is 3.56. The summed E-state index contributed by atoms with van der Waals surface area (Å²) in [6.07, 6.45) is 3.93. The topological polar surface area (TPSA) is 101 Å². The molecule has 7 heteroatoms. The molecule has 0 aliphatic heterocycles. The Labute approximate surface area is 108 Å². The van der Waals surface area contributed by atoms with Crippen molar-refractivity contribution in [3.05, 3.63) is 51.8 Å². The summed E-state index contributed by atoms with van der Waals surface area (Å²) >= 11 is 0. The number of carbonyl (C=O) groups excluding carboxylic acids is 1. The van der Waals surface area contributed by atoms with E-state index in [1.165, 1.54) is 18.2 Å². The number of aldehydes is 1. The molecule has 0 bridgehead atoms. The number of nitro benzene ring substituents is 1. The van der Waals surface area contributed by atoms with Gasteiger partial charge in [-0.05, 0) is 19.1 Å². The number of nitrogens with zero attached hydrogens (tertiary/aromatic N) is 2. The highest BCUT2D eigenvalue weighted by molar-refractivity contribution is 5.79. The first-order valence-electron chi connectivity index (χ1n) is 5.60. The highest BCUT2D eigenvalue weighted by atomic mass is 16.6. The summed E-state index contributed by atoms with van der Waals surface area (Å²) in [5.41, 5.74) is 1.39. The molecule has 1 aromatic carbocycles. The molecule has 0 radical (unpaired) electrons. The zero-order valence-electron chi connectivity index (χ0n) is 10.2. The van der Waals surface area contributed by atoms with Gasteiger partial charge in [0.15, 0.2) is 0 Å². The van der Waals surface area contributed by atoms with Crippen molar-refractivity contribution >= 4 is 17.7 Å². The van der Waals surface area contributed by atoms with E-state index < -0.39 is 4.92 Å². The number of nitro groups is 1. The summed E-state index contributed by atoms with van der Waals surface area (Å²) in [5, 5.41) is 20.5. The molecule has 1 aromatic heterocycles. The molecule has 19 heavy (non-hydrogen) atoms. The van der Waals surface area contributed by atoms with Crippen molar-refractivity contribution in [3.63, 3.8) is 0 Å². The molecule has 1 unspecified atom stereocenters. The van der Waals surface area contributed by atoms with Crippen molar-refractivity contribution in [2.24, 2.45) is 0 Å². The molecule has 0 amide bonds. The van der Waals surface area contributed by atoms with Gasteiger partial charge in [-0.2, -0.15) is 5.10 Å². The molecular formula is C12H12N4O3. The minimum atomic E-state index is -0.516. The van der Waals surface area contributed by atoms with Gasteiger partial charge in [0.1, 0.15) is 12.0 Å². The molecule has 1 atom stereocenters. The van der Waals surface area contributed by atoms with Crippen LogP contribution in [0.4, 0.5) is 11.4 Å². The zero-order valence-corrected chi connectivity index (χ0v) is 10.2. The van der Waals surface area contributed by atoms with Crippen LogP contribution in [0.3, 0.4) is 0 Å². The second-order valence-electron chi connectivity index (χ2n) is 4.05. The number of carbonyl (C=O) groups is 1. The van der Waals surface area contributed by atoms with Crippen LogP contribution in [0.2, 0.25) is 0 Å². The zero-order chi connectivity index (χ0) is 13.8. The van der Waals surface area contributed by atoms with Crippen LogP contribution in [0.1, 0.15) is 28.9 Å². The van der Waals surface area contributed by atoms with E-state index in [0.717, 1.165) is 5.56 Å². The van der Waals surface area contributed by atoms with Crippen molar-refractivity contribution in [3.8, 4) is 0 Å². The highest BCUT2D eigenvalue weighted by Crippen LogP contribution is 2.28. The average molecular weight is 260 g/mol. The second-order valence-corrected chi connectivity index (χ2v) is 4.05. The Morgan fingerprint density at radius 3 is 2.89 bits per heavy atom. The Hall–Kier alpha value is -2.70. The molecule has 0 aliphatic rings. The standard InChI is InChI=1S/C12H12N4O3/c1-8(10-5-13-14-6-10)15-11-3-2-9(7-17)4-12(11)16(18)19/h2-8,15H,1H3,(H,13,14). The number of hydrogen-bond acceptors (Lipinski definition) is 5. The van der Waals surface area contributed by atoms with Gasteiger partial charge in [0.2, 0.25) is 0 Å². The van der Waals surface area contributed by atoms with E-state index >= 15 is 0 Å². The molecule has 98 valence electrons. The van der Waals surface area contributed by atoms with Crippen molar-refractivity contribution in [2.75, 3.05) is 5.32 Å². The van der Waals surface area contributed by atoms with Gasteiger partial charge < -0.3 is 5.32 Å². The maximum absolute atomic E-state index is 11.0. The number of hydrogen-bond donors (Lipinski definition) is 2. The molecule has 7 nitrogen and oxygen atoms in total. The van der Waals surface area contributed by atoms with E-state index in [4.69, 9.17) is 0 Å². The van der Waals surface area contributed by atoms with Gasteiger partial charge in [-0.25, -0.2) is 0 Å². The first-order valence-corrected chi connectivity index (χ1v) is 5.60. The van der Waals surface area contributed by atoms with E-state index in [0.29, 0.717) is 12.0 Å². The first-order chi connectivity index (χ1) is 9.11. The van der Waals surface area contributed by atoms with Crippen LogP contribution >= 0.6 is 0 Å². The quantitative estimate of drug-likeness (QED) is 0.488. The molecular weight excluding hydrogens is 248 g/mol. The van der Waals surface area contributed by atoms with Crippen LogP contribution in [0.15, 0.2) is 30.6 Å². The van der Waals surface area contributed by atoms with Crippen LogP contribution < -0.4 is 5.32 Å². The van der Waals surface area contributed by atoms with E-state index in [9.17, 15) is 14.9 Å². The smallest absolute Gasteiger partial charge is 0.293 e. The maximum atomic E-state index is 11.0. The molecule has 0 aliphatic carbocycles. The van der Waals surface area contributed by atoms with Crippen LogP contribution in [0, 0.1) is 10.1 Å². The van der Waals surface area contributed by atoms with Gasteiger partial charge in [-0.1, -0.05) is 0 Å². The lowest BCUT2D eigenvalue weighted by molar-refractivity contribution is -0.384. The molecule has 0 saturated heterocycles. The first kappa shape index (κ1) is 12.7. The fourth-order valence-electron chi connectivity index (χ4n) is 1.71. The lowest BCUT2D eigenvalue weighted by atomic mass is 10.1. The largest absolute Gasteiger partial charge is 0.373 e. The number of benzene rings is 1. The third kappa shape index (κ3) is 2.76. The molecule has 2 aromatic rings. The van der Waals surface area contributed by atoms with Crippen LogP contribution in [0.5, 0.6) is 0 Å². The van der Waals surface area contributed by atoms with Gasteiger partial charge in [-0.3, -0.25) is 20.0 Å². The fourth-order valence-corrected chi connectivity index (χ4v) is 1.71. The van der Waals surface area contributed by atoms with E-state index in [1.54, 1.807) is 12.4 Å². The molecule has 0 fully saturated rings. The number of anilines is 1. The number of H-pyrrole nitrogens is 1. The van der Waals surface area contributed by atoms with Crippen molar-refractivity contribution in [1.29, 1.82) is 0 Å². The third-order valence-electron chi connectivity index (χ3n) is 2.75. The van der Waals surface area contributed by atoms with Gasteiger partial charge in [-0.15, -0.1) is 0 Å². The van der Waals surface area contributed by atoms with E-state index in [1.807, 2.05) is 6.92 Å². The van der Waals surface area contributed by atoms with Gasteiger partial charge in [0.05, 0.1) is 17.2 Å². The summed E-state index contributed by atoms with van der Waals surface area (Å²) in [5.74, 6) is 0. The minimum absolute atomic E-state index is 0.125. The maximum Gasteiger partial charge on any atom is 0.293 e. The van der Waals surface area contributed by atoms with Crippen LogP contribution in [-0.2, 0) is 0 Å². The van der Waals surface area contributed by atoms with E-state index in [2.05, 4.69) is 15.5 Å². The Bertz CT molecular complexity index is 595. The summed E-state index contributed by atoms with van der Waals surface area (Å²) in [4.78, 5) is 21.1. The second kappa shape index (κ2) is 5.30. The normalized spacial score (nSPS) is 11.8. The lowest BCUT2D eigenvalue weighted by Crippen LogP contribution is -2.08. The molecule has 0 spiro atoms. The lowest BCUT2D eigenvalue weighted by Gasteiger charge is -2.13. The van der Waals surface area contributed by atoms with Crippen LogP contribution in [-0.4, -0.2) is 21.4 Å². The summed E-state index contributed by atoms with van der Waals surface area (Å²) < 4.78 is 0. The SMILES string of the molecule is CC(Nc1ccc(C=O)cc1[N+](=O)[O-])c1cn[nH]c1. The number of aromatic nitrogens is 2. The number of nitrogens with one attached hydrogen (secondary N) is 2. The van der Waals surface area contributed by atoms with Crippen LogP contribution in [0.25, 0.3) is 0 Å². The predicted molar refractivity (Wildman–Crippen MR) is 69.1 cm³/mol. The fraction of sp³-hybridized carbons (Fsp3) is 0.167. The highest BCUT2D eigenvalue weighted by Gasteiger charge is 2.17. The number of aromatic amines is 1. The molecule has 2 N–H and O–H groups in total. The van der Waals surface area contributed by atoms with Gasteiger partial charge in [0, 0.05) is 23.4 Å². The minimum Gasteiger partial charge on any atom is -0.373 e. The third-order valence-corrected chi connectivity index (χ3v) is 2.75. The predicted octanol–water partition coefficient (Wildman–Crippen LogP) is 2.30. The van der Waals surface area contributed by atoms with Crippen molar-refractivity contribution < 1.29 is 9.72 Å². The monoisotopic (exact) mass is 260 g/mol. The average Bonchev–Trinajstić information content (AvgIpc) is 2.92. The Balaban J connectivity index is 2.29. The summed E-state index contributed by atoms with van der Waals surface area (Å²) in [7, 11) is 0. The molecule has 0 saturated carbocycles. The Morgan fingerprint density at radius 2 is 2.32 bits per heavy atom. The van der Waals surface area contributed by atoms with Crippen molar-refractivity contribution in [2.45, 2.75) is 13.0 Å².